The van der Waals surface area contributed by atoms with Crippen LogP contribution in [0.2, 0.25) is 0 Å². The van der Waals surface area contributed by atoms with Crippen molar-refractivity contribution >= 4 is 5.91 Å². The second-order valence-electron chi connectivity index (χ2n) is 7.47. The number of aryl methyl sites for hydroxylation is 1. The molecule has 1 atom stereocenters. The maximum absolute atomic E-state index is 12.8. The predicted molar refractivity (Wildman–Crippen MR) is 103 cm³/mol. The van der Waals surface area contributed by atoms with Gasteiger partial charge in [-0.15, -0.1) is 0 Å². The van der Waals surface area contributed by atoms with Gasteiger partial charge in [0, 0.05) is 51.0 Å². The molecule has 2 aliphatic rings. The molecule has 7 heteroatoms. The smallest absolute Gasteiger partial charge is 0.253 e. The Hall–Kier alpha value is -2.38. The van der Waals surface area contributed by atoms with Gasteiger partial charge in [0.2, 0.25) is 0 Å². The summed E-state index contributed by atoms with van der Waals surface area (Å²) in [5.74, 6) is 1.68. The highest BCUT2D eigenvalue weighted by Crippen LogP contribution is 2.18. The monoisotopic (exact) mass is 385 g/mol. The van der Waals surface area contributed by atoms with Crippen LogP contribution in [0.4, 0.5) is 0 Å². The summed E-state index contributed by atoms with van der Waals surface area (Å²) in [6.45, 7) is 7.15. The zero-order valence-corrected chi connectivity index (χ0v) is 16.3. The summed E-state index contributed by atoms with van der Waals surface area (Å²) in [4.78, 5) is 17.0. The Morgan fingerprint density at radius 3 is 2.64 bits per heavy atom. The zero-order chi connectivity index (χ0) is 19.3. The molecule has 2 aromatic rings. The molecular weight excluding hydrogens is 358 g/mol. The number of amides is 1. The molecule has 0 aliphatic carbocycles. The van der Waals surface area contributed by atoms with E-state index in [9.17, 15) is 4.79 Å². The average Bonchev–Trinajstić information content (AvgIpc) is 3.39. The number of benzene rings is 1. The Kier molecular flexibility index (Phi) is 5.92. The fourth-order valence-electron chi connectivity index (χ4n) is 3.67. The minimum absolute atomic E-state index is 0.0719. The molecule has 1 amide bonds. The number of rotatable bonds is 6. The SMILES string of the molecule is Cc1cc(CN2CCN(C(=O)c3ccc(OCC4CCCO4)cc3)CC2)no1. The number of aromatic nitrogens is 1. The van der Waals surface area contributed by atoms with Crippen LogP contribution >= 0.6 is 0 Å². The highest BCUT2D eigenvalue weighted by Gasteiger charge is 2.23. The number of hydrogen-bond acceptors (Lipinski definition) is 6. The summed E-state index contributed by atoms with van der Waals surface area (Å²) < 4.78 is 16.5. The average molecular weight is 385 g/mol. The van der Waals surface area contributed by atoms with E-state index in [1.807, 2.05) is 42.2 Å². The number of carbonyl (C=O) groups is 1. The second-order valence-corrected chi connectivity index (χ2v) is 7.47. The van der Waals surface area contributed by atoms with E-state index in [0.29, 0.717) is 25.3 Å². The minimum atomic E-state index is 0.0719. The minimum Gasteiger partial charge on any atom is -0.491 e. The lowest BCUT2D eigenvalue weighted by molar-refractivity contribution is 0.0624. The fraction of sp³-hybridized carbons (Fsp3) is 0.524. The Bertz CT molecular complexity index is 775. The lowest BCUT2D eigenvalue weighted by Crippen LogP contribution is -2.48. The normalized spacial score (nSPS) is 20.5. The highest BCUT2D eigenvalue weighted by molar-refractivity contribution is 5.94. The first-order valence-electron chi connectivity index (χ1n) is 9.96. The van der Waals surface area contributed by atoms with Crippen LogP contribution in [0.1, 0.15) is 34.7 Å². The Morgan fingerprint density at radius 2 is 2.00 bits per heavy atom. The molecule has 0 radical (unpaired) electrons. The van der Waals surface area contributed by atoms with Gasteiger partial charge in [-0.3, -0.25) is 9.69 Å². The van der Waals surface area contributed by atoms with Crippen molar-refractivity contribution in [1.82, 2.24) is 15.0 Å². The third-order valence-corrected chi connectivity index (χ3v) is 5.28. The summed E-state index contributed by atoms with van der Waals surface area (Å²) >= 11 is 0. The van der Waals surface area contributed by atoms with Crippen molar-refractivity contribution in [3.05, 3.63) is 47.3 Å². The van der Waals surface area contributed by atoms with Gasteiger partial charge >= 0.3 is 0 Å². The third-order valence-electron chi connectivity index (χ3n) is 5.28. The number of piperazine rings is 1. The van der Waals surface area contributed by atoms with Crippen molar-refractivity contribution in [2.24, 2.45) is 0 Å². The zero-order valence-electron chi connectivity index (χ0n) is 16.3. The maximum atomic E-state index is 12.8. The van der Waals surface area contributed by atoms with Crippen LogP contribution in [0, 0.1) is 6.92 Å². The molecule has 2 fully saturated rings. The fourth-order valence-corrected chi connectivity index (χ4v) is 3.67. The van der Waals surface area contributed by atoms with Crippen LogP contribution < -0.4 is 4.74 Å². The van der Waals surface area contributed by atoms with E-state index >= 15 is 0 Å². The van der Waals surface area contributed by atoms with Crippen LogP contribution in [0.15, 0.2) is 34.9 Å². The Balaban J connectivity index is 1.25. The van der Waals surface area contributed by atoms with Crippen LogP contribution in [0.5, 0.6) is 5.75 Å². The largest absolute Gasteiger partial charge is 0.491 e. The number of carbonyl (C=O) groups excluding carboxylic acids is 1. The molecule has 2 saturated heterocycles. The third kappa shape index (κ3) is 4.72. The van der Waals surface area contributed by atoms with Crippen LogP contribution in [0.3, 0.4) is 0 Å². The Morgan fingerprint density at radius 1 is 1.21 bits per heavy atom. The first-order valence-corrected chi connectivity index (χ1v) is 9.96. The van der Waals surface area contributed by atoms with Crippen molar-refractivity contribution in [2.45, 2.75) is 32.4 Å². The topological polar surface area (TPSA) is 68.0 Å². The van der Waals surface area contributed by atoms with Gasteiger partial charge < -0.3 is 18.9 Å². The van der Waals surface area contributed by atoms with Gasteiger partial charge in [0.05, 0.1) is 11.8 Å². The van der Waals surface area contributed by atoms with Crippen molar-refractivity contribution < 1.29 is 18.8 Å². The number of ether oxygens (including phenoxy) is 2. The summed E-state index contributed by atoms with van der Waals surface area (Å²) in [5.41, 5.74) is 1.64. The van der Waals surface area contributed by atoms with Gasteiger partial charge in [-0.1, -0.05) is 5.16 Å². The van der Waals surface area contributed by atoms with Crippen molar-refractivity contribution in [3.63, 3.8) is 0 Å². The molecule has 1 aromatic heterocycles. The molecule has 0 spiro atoms. The summed E-state index contributed by atoms with van der Waals surface area (Å²) in [6.07, 6.45) is 2.35. The molecule has 150 valence electrons. The maximum Gasteiger partial charge on any atom is 0.253 e. The van der Waals surface area contributed by atoms with E-state index in [1.54, 1.807) is 0 Å². The molecule has 28 heavy (non-hydrogen) atoms. The van der Waals surface area contributed by atoms with Crippen molar-refractivity contribution in [2.75, 3.05) is 39.4 Å². The molecule has 7 nitrogen and oxygen atoms in total. The van der Waals surface area contributed by atoms with Crippen molar-refractivity contribution in [1.29, 1.82) is 0 Å². The number of nitrogens with zero attached hydrogens (tertiary/aromatic N) is 3. The van der Waals surface area contributed by atoms with Gasteiger partial charge in [-0.2, -0.15) is 0 Å². The molecule has 0 bridgehead atoms. The quantitative estimate of drug-likeness (QED) is 0.761. The molecule has 2 aliphatic heterocycles. The summed E-state index contributed by atoms with van der Waals surface area (Å²) in [5, 5.41) is 4.04. The predicted octanol–water partition coefficient (Wildman–Crippen LogP) is 2.50. The molecule has 3 heterocycles. The van der Waals surface area contributed by atoms with E-state index in [-0.39, 0.29) is 12.0 Å². The van der Waals surface area contributed by atoms with E-state index in [4.69, 9.17) is 14.0 Å². The van der Waals surface area contributed by atoms with Gasteiger partial charge in [0.25, 0.3) is 5.91 Å². The first-order chi connectivity index (χ1) is 13.7. The van der Waals surface area contributed by atoms with Crippen LogP contribution in [0.25, 0.3) is 0 Å². The molecule has 0 saturated carbocycles. The van der Waals surface area contributed by atoms with Crippen LogP contribution in [-0.2, 0) is 11.3 Å². The lowest BCUT2D eigenvalue weighted by Gasteiger charge is -2.34. The molecule has 0 N–H and O–H groups in total. The van der Waals surface area contributed by atoms with Crippen molar-refractivity contribution in [3.8, 4) is 5.75 Å². The van der Waals surface area contributed by atoms with E-state index in [1.165, 1.54) is 0 Å². The van der Waals surface area contributed by atoms with E-state index < -0.39 is 0 Å². The summed E-state index contributed by atoms with van der Waals surface area (Å²) in [7, 11) is 0. The Labute approximate surface area is 165 Å². The van der Waals surface area contributed by atoms with Gasteiger partial charge in [0.1, 0.15) is 18.1 Å². The van der Waals surface area contributed by atoms with E-state index in [2.05, 4.69) is 10.1 Å². The lowest BCUT2D eigenvalue weighted by atomic mass is 10.1. The standard InChI is InChI=1S/C21H27N3O4/c1-16-13-18(22-28-16)14-23-8-10-24(11-9-23)21(25)17-4-6-19(7-5-17)27-15-20-3-2-12-26-20/h4-7,13,20H,2-3,8-12,14-15H2,1H3. The van der Waals surface area contributed by atoms with Gasteiger partial charge in [0.15, 0.2) is 0 Å². The van der Waals surface area contributed by atoms with Gasteiger partial charge in [-0.25, -0.2) is 0 Å². The van der Waals surface area contributed by atoms with E-state index in [0.717, 1.165) is 56.3 Å². The van der Waals surface area contributed by atoms with Crippen LogP contribution in [-0.4, -0.2) is 66.4 Å². The molecule has 1 aromatic carbocycles. The summed E-state index contributed by atoms with van der Waals surface area (Å²) in [6, 6.07) is 9.38. The number of hydrogen-bond donors (Lipinski definition) is 0. The molecule has 1 unspecified atom stereocenters. The first kappa shape index (κ1) is 19.0. The highest BCUT2D eigenvalue weighted by atomic mass is 16.5. The van der Waals surface area contributed by atoms with Gasteiger partial charge in [-0.05, 0) is 44.0 Å². The molecular formula is C21H27N3O4. The molecule has 4 rings (SSSR count). The second kappa shape index (κ2) is 8.75.